The average Bonchev–Trinajstić information content (AvgIpc) is 3.37. The number of nitrogens with zero attached hydrogens (tertiary/aromatic N) is 1. The summed E-state index contributed by atoms with van der Waals surface area (Å²) in [6.07, 6.45) is 7.35. The highest BCUT2D eigenvalue weighted by Gasteiger charge is 2.06. The third kappa shape index (κ3) is 5.11. The van der Waals surface area contributed by atoms with Gasteiger partial charge in [0.2, 0.25) is 0 Å². The van der Waals surface area contributed by atoms with Gasteiger partial charge in [-0.1, -0.05) is 30.3 Å². The van der Waals surface area contributed by atoms with Gasteiger partial charge in [-0.3, -0.25) is 4.79 Å². The third-order valence-corrected chi connectivity index (χ3v) is 4.92. The Kier molecular flexibility index (Phi) is 6.29. The monoisotopic (exact) mass is 409 g/mol. The number of carbonyl (C=O) groups is 1. The molecule has 0 spiro atoms. The van der Waals surface area contributed by atoms with Gasteiger partial charge in [0.15, 0.2) is 5.78 Å². The molecule has 3 aromatic carbocycles. The lowest BCUT2D eigenvalue weighted by Gasteiger charge is -2.11. The molecule has 0 radical (unpaired) electrons. The second-order valence-electron chi connectivity index (χ2n) is 7.01. The van der Waals surface area contributed by atoms with Crippen LogP contribution in [-0.4, -0.2) is 17.5 Å². The van der Waals surface area contributed by atoms with Gasteiger partial charge in [-0.25, -0.2) is 0 Å². The molecule has 1 aromatic heterocycles. The number of aromatic nitrogens is 1. The van der Waals surface area contributed by atoms with E-state index in [1.807, 2.05) is 108 Å². The molecule has 0 atom stereocenters. The number of hydrogen-bond donors (Lipinski definition) is 0. The summed E-state index contributed by atoms with van der Waals surface area (Å²) < 4.78 is 13.3. The Morgan fingerprint density at radius 3 is 2.35 bits per heavy atom. The van der Waals surface area contributed by atoms with E-state index >= 15 is 0 Å². The number of carbonyl (C=O) groups excluding carboxylic acids is 1. The zero-order valence-electron chi connectivity index (χ0n) is 17.3. The Morgan fingerprint density at radius 1 is 0.903 bits per heavy atom. The van der Waals surface area contributed by atoms with Crippen LogP contribution in [0.3, 0.4) is 0 Å². The largest absolute Gasteiger partial charge is 0.496 e. The first-order valence-corrected chi connectivity index (χ1v) is 10.0. The molecule has 0 bridgehead atoms. The van der Waals surface area contributed by atoms with Crippen molar-refractivity contribution in [2.24, 2.45) is 0 Å². The average molecular weight is 409 g/mol. The zero-order valence-corrected chi connectivity index (χ0v) is 17.3. The summed E-state index contributed by atoms with van der Waals surface area (Å²) >= 11 is 0. The van der Waals surface area contributed by atoms with Crippen molar-refractivity contribution in [1.29, 1.82) is 0 Å². The normalized spacial score (nSPS) is 10.9. The van der Waals surface area contributed by atoms with E-state index in [1.165, 1.54) is 0 Å². The molecule has 0 aliphatic carbocycles. The molecule has 0 fully saturated rings. The molecule has 0 saturated heterocycles. The predicted octanol–water partition coefficient (Wildman–Crippen LogP) is 5.96. The minimum atomic E-state index is -0.0445. The van der Waals surface area contributed by atoms with E-state index < -0.39 is 0 Å². The summed E-state index contributed by atoms with van der Waals surface area (Å²) in [5.74, 6) is 1.50. The van der Waals surface area contributed by atoms with Crippen LogP contribution in [-0.2, 0) is 6.61 Å². The van der Waals surface area contributed by atoms with E-state index in [4.69, 9.17) is 9.47 Å². The summed E-state index contributed by atoms with van der Waals surface area (Å²) in [4.78, 5) is 12.6. The molecule has 0 saturated carbocycles. The van der Waals surface area contributed by atoms with E-state index in [1.54, 1.807) is 13.2 Å². The van der Waals surface area contributed by atoms with E-state index in [-0.39, 0.29) is 5.78 Å². The molecule has 0 N–H and O–H groups in total. The maximum absolute atomic E-state index is 12.6. The van der Waals surface area contributed by atoms with E-state index in [0.29, 0.717) is 12.2 Å². The second-order valence-corrected chi connectivity index (χ2v) is 7.01. The van der Waals surface area contributed by atoms with Gasteiger partial charge in [0.1, 0.15) is 18.1 Å². The molecule has 4 aromatic rings. The number of para-hydroxylation sites is 1. The molecular formula is C27H23NO3. The fraction of sp³-hybridized carbons (Fsp3) is 0.0741. The number of ketones is 1. The quantitative estimate of drug-likeness (QED) is 0.266. The van der Waals surface area contributed by atoms with Crippen LogP contribution in [0.1, 0.15) is 21.5 Å². The molecule has 0 aliphatic rings. The zero-order chi connectivity index (χ0) is 21.5. The lowest BCUT2D eigenvalue weighted by atomic mass is 10.1. The first-order chi connectivity index (χ1) is 15.2. The van der Waals surface area contributed by atoms with Crippen LogP contribution in [0.2, 0.25) is 0 Å². The van der Waals surface area contributed by atoms with Gasteiger partial charge in [-0.05, 0) is 72.3 Å². The molecule has 1 heterocycles. The molecule has 4 rings (SSSR count). The van der Waals surface area contributed by atoms with Crippen molar-refractivity contribution in [3.63, 3.8) is 0 Å². The van der Waals surface area contributed by atoms with Crippen molar-refractivity contribution in [1.82, 2.24) is 4.57 Å². The third-order valence-electron chi connectivity index (χ3n) is 4.92. The number of rotatable bonds is 8. The topological polar surface area (TPSA) is 40.5 Å². The summed E-state index contributed by atoms with van der Waals surface area (Å²) in [5, 5.41) is 0. The van der Waals surface area contributed by atoms with Gasteiger partial charge >= 0.3 is 0 Å². The van der Waals surface area contributed by atoms with Gasteiger partial charge in [0.05, 0.1) is 7.11 Å². The standard InChI is InChI=1S/C27H23NO3/c1-30-27-16-10-21(19-23(27)20-31-25-7-3-2-4-8-25)9-15-26(29)22-11-13-24(14-12-22)28-17-5-6-18-28/h2-19H,20H2,1H3/b15-9+. The van der Waals surface area contributed by atoms with Crippen molar-refractivity contribution < 1.29 is 14.3 Å². The fourth-order valence-electron chi connectivity index (χ4n) is 3.27. The van der Waals surface area contributed by atoms with Gasteiger partial charge in [-0.2, -0.15) is 0 Å². The van der Waals surface area contributed by atoms with Crippen molar-refractivity contribution in [2.75, 3.05) is 7.11 Å². The van der Waals surface area contributed by atoms with Crippen molar-refractivity contribution >= 4 is 11.9 Å². The number of allylic oxidation sites excluding steroid dienone is 1. The van der Waals surface area contributed by atoms with Crippen LogP contribution in [0, 0.1) is 0 Å². The van der Waals surface area contributed by atoms with Gasteiger partial charge < -0.3 is 14.0 Å². The first-order valence-electron chi connectivity index (χ1n) is 10.0. The summed E-state index contributed by atoms with van der Waals surface area (Å²) in [5.41, 5.74) is 3.49. The fourth-order valence-corrected chi connectivity index (χ4v) is 3.27. The highest BCUT2D eigenvalue weighted by molar-refractivity contribution is 6.06. The highest BCUT2D eigenvalue weighted by atomic mass is 16.5. The second kappa shape index (κ2) is 9.63. The SMILES string of the molecule is COc1ccc(/C=C/C(=O)c2ccc(-n3cccc3)cc2)cc1COc1ccccc1. The summed E-state index contributed by atoms with van der Waals surface area (Å²) in [7, 11) is 1.64. The molecule has 0 aliphatic heterocycles. The van der Waals surface area contributed by atoms with E-state index in [9.17, 15) is 4.79 Å². The molecule has 31 heavy (non-hydrogen) atoms. The van der Waals surface area contributed by atoms with Crippen LogP contribution < -0.4 is 9.47 Å². The molecule has 4 heteroatoms. The first kappa shape index (κ1) is 20.2. The predicted molar refractivity (Wildman–Crippen MR) is 123 cm³/mol. The van der Waals surface area contributed by atoms with Gasteiger partial charge in [-0.15, -0.1) is 0 Å². The summed E-state index contributed by atoms with van der Waals surface area (Å²) in [6, 6.07) is 26.9. The van der Waals surface area contributed by atoms with Gasteiger partial charge in [0.25, 0.3) is 0 Å². The Morgan fingerprint density at radius 2 is 1.65 bits per heavy atom. The number of ether oxygens (including phenoxy) is 2. The Bertz CT molecular complexity index is 1160. The smallest absolute Gasteiger partial charge is 0.185 e. The van der Waals surface area contributed by atoms with Crippen LogP contribution in [0.25, 0.3) is 11.8 Å². The molecular weight excluding hydrogens is 386 g/mol. The highest BCUT2D eigenvalue weighted by Crippen LogP contribution is 2.23. The van der Waals surface area contributed by atoms with Crippen LogP contribution in [0.4, 0.5) is 0 Å². The van der Waals surface area contributed by atoms with Crippen molar-refractivity contribution in [3.05, 3.63) is 120 Å². The number of hydrogen-bond acceptors (Lipinski definition) is 3. The van der Waals surface area contributed by atoms with E-state index in [2.05, 4.69) is 0 Å². The Labute approximate surface area is 182 Å². The number of methoxy groups -OCH3 is 1. The molecule has 0 unspecified atom stereocenters. The minimum Gasteiger partial charge on any atom is -0.496 e. The Balaban J connectivity index is 1.46. The van der Waals surface area contributed by atoms with Gasteiger partial charge in [0, 0.05) is 29.2 Å². The number of benzene rings is 3. The summed E-state index contributed by atoms with van der Waals surface area (Å²) in [6.45, 7) is 0.379. The maximum Gasteiger partial charge on any atom is 0.185 e. The molecule has 4 nitrogen and oxygen atoms in total. The Hall–Kier alpha value is -4.05. The maximum atomic E-state index is 12.6. The lowest BCUT2D eigenvalue weighted by Crippen LogP contribution is -1.99. The van der Waals surface area contributed by atoms with E-state index in [0.717, 1.165) is 28.3 Å². The minimum absolute atomic E-state index is 0.0445. The molecule has 154 valence electrons. The lowest BCUT2D eigenvalue weighted by molar-refractivity contribution is 0.104. The van der Waals surface area contributed by atoms with Crippen LogP contribution in [0.15, 0.2) is 103 Å². The van der Waals surface area contributed by atoms with Crippen molar-refractivity contribution in [3.8, 4) is 17.2 Å². The van der Waals surface area contributed by atoms with Crippen molar-refractivity contribution in [2.45, 2.75) is 6.61 Å². The molecule has 0 amide bonds. The van der Waals surface area contributed by atoms with Crippen LogP contribution >= 0.6 is 0 Å². The van der Waals surface area contributed by atoms with Crippen LogP contribution in [0.5, 0.6) is 11.5 Å².